The fourth-order valence-electron chi connectivity index (χ4n) is 5.36. The van der Waals surface area contributed by atoms with Crippen LogP contribution in [0.25, 0.3) is 0 Å². The molecule has 0 atom stereocenters. The van der Waals surface area contributed by atoms with Gasteiger partial charge in [-0.2, -0.15) is 0 Å². The maximum Gasteiger partial charge on any atom is 0.265 e. The van der Waals surface area contributed by atoms with E-state index in [4.69, 9.17) is 9.47 Å². The van der Waals surface area contributed by atoms with Gasteiger partial charge in [-0.1, -0.05) is 72.8 Å². The lowest BCUT2D eigenvalue weighted by Gasteiger charge is -2.23. The number of fused-ring (bicyclic) bond motifs is 1. The van der Waals surface area contributed by atoms with Crippen molar-refractivity contribution < 1.29 is 22.7 Å². The van der Waals surface area contributed by atoms with Crippen LogP contribution in [-0.2, 0) is 29.5 Å². The van der Waals surface area contributed by atoms with Crippen LogP contribution in [0, 0.1) is 0 Å². The third kappa shape index (κ3) is 9.19. The molecule has 1 amide bonds. The molecule has 5 aromatic carbocycles. The first kappa shape index (κ1) is 33.1. The molecule has 1 aliphatic heterocycles. The molecule has 246 valence electrons. The van der Waals surface area contributed by atoms with E-state index in [1.54, 1.807) is 54.2 Å². The summed E-state index contributed by atoms with van der Waals surface area (Å²) in [6.45, 7) is 3.01. The molecule has 48 heavy (non-hydrogen) atoms. The van der Waals surface area contributed by atoms with E-state index in [9.17, 15) is 13.2 Å². The zero-order valence-electron chi connectivity index (χ0n) is 26.4. The summed E-state index contributed by atoms with van der Waals surface area (Å²) in [5.41, 5.74) is 4.26. The van der Waals surface area contributed by atoms with E-state index in [1.165, 1.54) is 10.5 Å². The van der Waals surface area contributed by atoms with Gasteiger partial charge in [0.25, 0.3) is 15.9 Å². The summed E-state index contributed by atoms with van der Waals surface area (Å²) in [5.74, 6) is 1.69. The summed E-state index contributed by atoms with van der Waals surface area (Å²) >= 11 is 1.79. The Morgan fingerprint density at radius 2 is 1.44 bits per heavy atom. The van der Waals surface area contributed by atoms with Crippen LogP contribution in [0.1, 0.15) is 27.0 Å². The van der Waals surface area contributed by atoms with Gasteiger partial charge in [0.05, 0.1) is 4.90 Å². The van der Waals surface area contributed by atoms with E-state index in [0.29, 0.717) is 19.6 Å². The smallest absolute Gasteiger partial charge is 0.265 e. The summed E-state index contributed by atoms with van der Waals surface area (Å²) in [4.78, 5) is 16.6. The molecule has 0 unspecified atom stereocenters. The highest BCUT2D eigenvalue weighted by molar-refractivity contribution is 7.99. The zero-order valence-corrected chi connectivity index (χ0v) is 28.0. The number of sulfonamides is 1. The molecular weight excluding hydrogens is 643 g/mol. The Hall–Kier alpha value is -4.77. The fourth-order valence-corrected chi connectivity index (χ4v) is 7.27. The molecule has 0 saturated carbocycles. The molecule has 0 bridgehead atoms. The topological polar surface area (TPSA) is 97.0 Å². The second-order valence-corrected chi connectivity index (χ2v) is 14.2. The molecule has 0 spiro atoms. The number of amides is 1. The predicted octanol–water partition coefficient (Wildman–Crippen LogP) is 6.98. The van der Waals surface area contributed by atoms with Gasteiger partial charge in [-0.15, -0.1) is 11.8 Å². The van der Waals surface area contributed by atoms with Gasteiger partial charge < -0.3 is 14.8 Å². The summed E-state index contributed by atoms with van der Waals surface area (Å²) in [6, 6.07) is 39.9. The third-order valence-electron chi connectivity index (χ3n) is 7.84. The number of benzene rings is 5. The number of nitrogens with one attached hydrogen (secondary N) is 2. The maximum atomic E-state index is 13.2. The lowest BCUT2D eigenvalue weighted by molar-refractivity contribution is 0.0981. The van der Waals surface area contributed by atoms with Crippen molar-refractivity contribution in [1.29, 1.82) is 0 Å². The first-order chi connectivity index (χ1) is 23.4. The predicted molar refractivity (Wildman–Crippen MR) is 190 cm³/mol. The summed E-state index contributed by atoms with van der Waals surface area (Å²) in [6.07, 6.45) is 0.824. The van der Waals surface area contributed by atoms with Crippen LogP contribution in [0.3, 0.4) is 0 Å². The quantitative estimate of drug-likeness (QED) is 0.115. The minimum absolute atomic E-state index is 0.0266. The van der Waals surface area contributed by atoms with E-state index >= 15 is 0 Å². The van der Waals surface area contributed by atoms with Gasteiger partial charge in [0.15, 0.2) is 11.5 Å². The first-order valence-corrected chi connectivity index (χ1v) is 18.2. The Kier molecular flexibility index (Phi) is 11.0. The molecule has 2 N–H and O–H groups in total. The minimum atomic E-state index is -4.08. The fraction of sp³-hybridized carbons (Fsp3) is 0.184. The number of hydrogen-bond acceptors (Lipinski definition) is 8. The van der Waals surface area contributed by atoms with Crippen molar-refractivity contribution in [2.24, 2.45) is 0 Å². The van der Waals surface area contributed by atoms with Crippen molar-refractivity contribution in [2.75, 3.05) is 31.0 Å². The second kappa shape index (κ2) is 15.9. The molecule has 8 nitrogen and oxygen atoms in total. The van der Waals surface area contributed by atoms with Crippen molar-refractivity contribution in [3.05, 3.63) is 150 Å². The molecule has 0 fully saturated rings. The number of thioether (sulfide) groups is 1. The Bertz CT molecular complexity index is 1920. The average Bonchev–Trinajstić information content (AvgIpc) is 3.58. The summed E-state index contributed by atoms with van der Waals surface area (Å²) < 4.78 is 39.7. The highest BCUT2D eigenvalue weighted by atomic mass is 32.2. The van der Waals surface area contributed by atoms with Crippen LogP contribution in [0.2, 0.25) is 0 Å². The molecule has 0 saturated heterocycles. The third-order valence-corrected chi connectivity index (χ3v) is 10.2. The SMILES string of the molecule is O=C(NS(=O)(=O)c1ccc(CN(CCSc2ccccc2)Cc2ccc3c(c2)OCO3)cc1)c1cccc(NCCc2ccccc2)c1. The Morgan fingerprint density at radius 1 is 0.729 bits per heavy atom. The van der Waals surface area contributed by atoms with Crippen molar-refractivity contribution >= 4 is 33.4 Å². The molecule has 5 aromatic rings. The Labute approximate surface area is 286 Å². The number of hydrogen-bond donors (Lipinski definition) is 2. The molecule has 0 aliphatic carbocycles. The number of anilines is 1. The first-order valence-electron chi connectivity index (χ1n) is 15.7. The summed E-state index contributed by atoms with van der Waals surface area (Å²) in [5, 5.41) is 3.31. The van der Waals surface area contributed by atoms with Gasteiger partial charge >= 0.3 is 0 Å². The average molecular weight is 680 g/mol. The highest BCUT2D eigenvalue weighted by Gasteiger charge is 2.20. The van der Waals surface area contributed by atoms with Gasteiger partial charge in [-0.05, 0) is 77.7 Å². The van der Waals surface area contributed by atoms with Crippen molar-refractivity contribution in [2.45, 2.75) is 29.3 Å². The van der Waals surface area contributed by atoms with E-state index in [1.807, 2.05) is 60.7 Å². The molecule has 1 aliphatic rings. The number of carbonyl (C=O) groups is 1. The Morgan fingerprint density at radius 3 is 2.23 bits per heavy atom. The van der Waals surface area contributed by atoms with Crippen LogP contribution in [0.4, 0.5) is 5.69 Å². The van der Waals surface area contributed by atoms with Crippen LogP contribution in [0.15, 0.2) is 137 Å². The van der Waals surface area contributed by atoms with E-state index in [-0.39, 0.29) is 17.3 Å². The monoisotopic (exact) mass is 679 g/mol. The molecule has 0 aromatic heterocycles. The molecule has 0 radical (unpaired) electrons. The van der Waals surface area contributed by atoms with Gasteiger partial charge in [0.1, 0.15) is 0 Å². The number of rotatable bonds is 15. The molecular formula is C38H37N3O5S2. The highest BCUT2D eigenvalue weighted by Crippen LogP contribution is 2.33. The van der Waals surface area contributed by atoms with E-state index < -0.39 is 15.9 Å². The standard InChI is InChI=1S/C38H37N3O5S2/c42-38(32-10-7-11-33(25-32)39-21-20-29-8-3-1-4-9-29)40-48(43,44)35-17-14-30(15-18-35)26-41(22-23-47-34-12-5-2-6-13-34)27-31-16-19-36-37(24-31)46-28-45-36/h1-19,24-25,39H,20-23,26-28H2,(H,40,42). The van der Waals surface area contributed by atoms with Crippen LogP contribution in [0.5, 0.6) is 11.5 Å². The minimum Gasteiger partial charge on any atom is -0.454 e. The largest absolute Gasteiger partial charge is 0.454 e. The lowest BCUT2D eigenvalue weighted by Crippen LogP contribution is -2.30. The van der Waals surface area contributed by atoms with Gasteiger partial charge in [-0.25, -0.2) is 13.1 Å². The lowest BCUT2D eigenvalue weighted by atomic mass is 10.1. The zero-order chi connectivity index (χ0) is 33.2. The Balaban J connectivity index is 1.07. The van der Waals surface area contributed by atoms with Gasteiger partial charge in [-0.3, -0.25) is 9.69 Å². The molecule has 6 rings (SSSR count). The maximum absolute atomic E-state index is 13.2. The molecule has 10 heteroatoms. The van der Waals surface area contributed by atoms with Crippen LogP contribution >= 0.6 is 11.8 Å². The normalized spacial score (nSPS) is 12.2. The number of ether oxygens (including phenoxy) is 2. The van der Waals surface area contributed by atoms with Crippen molar-refractivity contribution in [3.63, 3.8) is 0 Å². The van der Waals surface area contributed by atoms with Crippen LogP contribution < -0.4 is 19.5 Å². The summed E-state index contributed by atoms with van der Waals surface area (Å²) in [7, 11) is -4.08. The van der Waals surface area contributed by atoms with Gasteiger partial charge in [0.2, 0.25) is 6.79 Å². The molecule has 1 heterocycles. The van der Waals surface area contributed by atoms with Crippen molar-refractivity contribution in [3.8, 4) is 11.5 Å². The van der Waals surface area contributed by atoms with E-state index in [0.717, 1.165) is 47.0 Å². The van der Waals surface area contributed by atoms with Crippen LogP contribution in [-0.4, -0.2) is 44.9 Å². The van der Waals surface area contributed by atoms with Gasteiger partial charge in [0, 0.05) is 48.1 Å². The second-order valence-electron chi connectivity index (χ2n) is 11.4. The van der Waals surface area contributed by atoms with Crippen molar-refractivity contribution in [1.82, 2.24) is 9.62 Å². The van der Waals surface area contributed by atoms with E-state index in [2.05, 4.69) is 39.2 Å². The number of carbonyl (C=O) groups excluding carboxylic acids is 1. The number of nitrogens with zero attached hydrogens (tertiary/aromatic N) is 1.